The van der Waals surface area contributed by atoms with Gasteiger partial charge in [-0.25, -0.2) is 9.98 Å². The van der Waals surface area contributed by atoms with Gasteiger partial charge >= 0.3 is 0 Å². The summed E-state index contributed by atoms with van der Waals surface area (Å²) < 4.78 is 6.18. The number of nitrogens with zero attached hydrogens (tertiary/aromatic N) is 2. The van der Waals surface area contributed by atoms with Crippen LogP contribution in [-0.4, -0.2) is 9.97 Å². The summed E-state index contributed by atoms with van der Waals surface area (Å²) in [4.78, 5) is 12.9. The third-order valence-corrected chi connectivity index (χ3v) is 4.64. The Hall–Kier alpha value is -3.66. The minimum absolute atomic E-state index is 0.544. The molecule has 0 aliphatic rings. The highest BCUT2D eigenvalue weighted by Crippen LogP contribution is 2.23. The maximum Gasteiger partial charge on any atom is 0.230 e. The van der Waals surface area contributed by atoms with E-state index < -0.39 is 0 Å². The molecule has 4 nitrogen and oxygen atoms in total. The fraction of sp³-hybridized carbons (Fsp3) is 0.0435. The number of nitrogens with one attached hydrogen (secondary N) is 1. The summed E-state index contributed by atoms with van der Waals surface area (Å²) in [6.07, 6.45) is 0. The van der Waals surface area contributed by atoms with Crippen LogP contribution < -0.4 is 5.55 Å². The second-order valence-corrected chi connectivity index (χ2v) is 6.50. The molecule has 27 heavy (non-hydrogen) atoms. The van der Waals surface area contributed by atoms with Gasteiger partial charge in [0.1, 0.15) is 11.4 Å². The van der Waals surface area contributed by atoms with Gasteiger partial charge in [0.2, 0.25) is 5.55 Å². The fourth-order valence-corrected chi connectivity index (χ4v) is 3.20. The zero-order chi connectivity index (χ0) is 18.2. The highest BCUT2D eigenvalue weighted by Gasteiger charge is 2.11. The van der Waals surface area contributed by atoms with Gasteiger partial charge in [0.15, 0.2) is 0 Å². The Bertz CT molecular complexity index is 1310. The SMILES string of the molecule is Cc1ccccc1N=c1oc2ccccc2cc1-c1nc2ccccc2[nH]1. The van der Waals surface area contributed by atoms with Gasteiger partial charge in [-0.2, -0.15) is 0 Å². The van der Waals surface area contributed by atoms with E-state index in [0.717, 1.165) is 44.6 Å². The molecule has 0 aliphatic carbocycles. The third-order valence-electron chi connectivity index (χ3n) is 4.64. The number of benzene rings is 3. The highest BCUT2D eigenvalue weighted by molar-refractivity contribution is 5.83. The Labute approximate surface area is 155 Å². The van der Waals surface area contributed by atoms with Crippen LogP contribution in [0.3, 0.4) is 0 Å². The molecule has 0 radical (unpaired) electrons. The predicted molar refractivity (Wildman–Crippen MR) is 108 cm³/mol. The van der Waals surface area contributed by atoms with Crippen LogP contribution in [0.25, 0.3) is 33.4 Å². The van der Waals surface area contributed by atoms with Crippen LogP contribution in [-0.2, 0) is 0 Å². The van der Waals surface area contributed by atoms with Gasteiger partial charge in [-0.3, -0.25) is 0 Å². The first-order valence-electron chi connectivity index (χ1n) is 8.86. The molecule has 3 aromatic carbocycles. The van der Waals surface area contributed by atoms with Crippen LogP contribution in [0.4, 0.5) is 5.69 Å². The molecule has 4 heteroatoms. The first kappa shape index (κ1) is 15.6. The maximum absolute atomic E-state index is 6.18. The molecule has 2 aromatic heterocycles. The maximum atomic E-state index is 6.18. The summed E-state index contributed by atoms with van der Waals surface area (Å²) in [5, 5.41) is 1.01. The molecule has 0 spiro atoms. The molecule has 0 unspecified atom stereocenters. The van der Waals surface area contributed by atoms with E-state index in [-0.39, 0.29) is 0 Å². The smallest absolute Gasteiger partial charge is 0.230 e. The average Bonchev–Trinajstić information content (AvgIpc) is 3.13. The van der Waals surface area contributed by atoms with Crippen LogP contribution in [0.1, 0.15) is 5.56 Å². The number of hydrogen-bond donors (Lipinski definition) is 1. The largest absolute Gasteiger partial charge is 0.438 e. The molecule has 0 aliphatic heterocycles. The molecular formula is C23H17N3O. The number of aryl methyl sites for hydroxylation is 1. The number of aromatic amines is 1. The summed E-state index contributed by atoms with van der Waals surface area (Å²) in [6, 6.07) is 26.0. The van der Waals surface area contributed by atoms with Gasteiger partial charge in [-0.15, -0.1) is 0 Å². The minimum atomic E-state index is 0.544. The van der Waals surface area contributed by atoms with Crippen molar-refractivity contribution in [3.05, 3.63) is 90.0 Å². The summed E-state index contributed by atoms with van der Waals surface area (Å²) in [5.41, 5.74) is 6.07. The molecule has 0 saturated heterocycles. The molecular weight excluding hydrogens is 334 g/mol. The van der Waals surface area contributed by atoms with Crippen LogP contribution in [0.5, 0.6) is 0 Å². The second-order valence-electron chi connectivity index (χ2n) is 6.50. The van der Waals surface area contributed by atoms with Gasteiger partial charge in [-0.05, 0) is 42.8 Å². The van der Waals surface area contributed by atoms with Crippen molar-refractivity contribution in [3.63, 3.8) is 0 Å². The molecule has 130 valence electrons. The van der Waals surface area contributed by atoms with Gasteiger partial charge in [0, 0.05) is 5.39 Å². The normalized spacial score (nSPS) is 12.1. The van der Waals surface area contributed by atoms with Crippen LogP contribution in [0.15, 0.2) is 88.3 Å². The van der Waals surface area contributed by atoms with E-state index in [1.54, 1.807) is 0 Å². The number of fused-ring (bicyclic) bond motifs is 2. The van der Waals surface area contributed by atoms with Crippen molar-refractivity contribution in [2.75, 3.05) is 0 Å². The molecule has 0 amide bonds. The van der Waals surface area contributed by atoms with E-state index in [0.29, 0.717) is 5.55 Å². The lowest BCUT2D eigenvalue weighted by Gasteiger charge is -2.04. The first-order valence-corrected chi connectivity index (χ1v) is 8.86. The Kier molecular flexibility index (Phi) is 3.61. The van der Waals surface area contributed by atoms with Gasteiger partial charge in [-0.1, -0.05) is 48.5 Å². The number of rotatable bonds is 2. The molecule has 2 heterocycles. The number of para-hydroxylation sites is 4. The number of aromatic nitrogens is 2. The lowest BCUT2D eigenvalue weighted by atomic mass is 10.1. The van der Waals surface area contributed by atoms with Gasteiger partial charge < -0.3 is 9.40 Å². The summed E-state index contributed by atoms with van der Waals surface area (Å²) >= 11 is 0. The predicted octanol–water partition coefficient (Wildman–Crippen LogP) is 5.52. The molecule has 0 bridgehead atoms. The zero-order valence-corrected chi connectivity index (χ0v) is 14.8. The third kappa shape index (κ3) is 2.81. The molecule has 5 rings (SSSR count). The molecule has 0 saturated carbocycles. The van der Waals surface area contributed by atoms with Crippen LogP contribution >= 0.6 is 0 Å². The van der Waals surface area contributed by atoms with E-state index in [4.69, 9.17) is 14.4 Å². The molecule has 0 fully saturated rings. The number of H-pyrrole nitrogens is 1. The van der Waals surface area contributed by atoms with Gasteiger partial charge in [0.05, 0.1) is 22.3 Å². The Morgan fingerprint density at radius 3 is 2.56 bits per heavy atom. The second kappa shape index (κ2) is 6.25. The van der Waals surface area contributed by atoms with E-state index >= 15 is 0 Å². The lowest BCUT2D eigenvalue weighted by molar-refractivity contribution is 0.547. The Morgan fingerprint density at radius 1 is 0.889 bits per heavy atom. The Morgan fingerprint density at radius 2 is 1.67 bits per heavy atom. The minimum Gasteiger partial charge on any atom is -0.438 e. The molecule has 1 N–H and O–H groups in total. The standard InChI is InChI=1S/C23H17N3O/c1-15-8-2-4-10-18(15)26-23-17(14-16-9-3-7-13-21(16)27-23)22-24-19-11-5-6-12-20(19)25-22/h2-14H,1H3,(H,24,25). The van der Waals surface area contributed by atoms with Crippen molar-refractivity contribution in [3.8, 4) is 11.4 Å². The molecule has 0 atom stereocenters. The van der Waals surface area contributed by atoms with Crippen molar-refractivity contribution >= 4 is 27.7 Å². The van der Waals surface area contributed by atoms with E-state index in [9.17, 15) is 0 Å². The van der Waals surface area contributed by atoms with Crippen molar-refractivity contribution in [2.45, 2.75) is 6.92 Å². The van der Waals surface area contributed by atoms with Gasteiger partial charge in [0.25, 0.3) is 0 Å². The highest BCUT2D eigenvalue weighted by atomic mass is 16.3. The van der Waals surface area contributed by atoms with Crippen molar-refractivity contribution in [1.82, 2.24) is 9.97 Å². The van der Waals surface area contributed by atoms with Crippen LogP contribution in [0.2, 0.25) is 0 Å². The van der Waals surface area contributed by atoms with E-state index in [1.807, 2.05) is 79.7 Å². The topological polar surface area (TPSA) is 54.2 Å². The van der Waals surface area contributed by atoms with Crippen molar-refractivity contribution in [1.29, 1.82) is 0 Å². The quantitative estimate of drug-likeness (QED) is 0.455. The van der Waals surface area contributed by atoms with Crippen molar-refractivity contribution < 1.29 is 4.42 Å². The van der Waals surface area contributed by atoms with E-state index in [2.05, 4.69) is 11.1 Å². The van der Waals surface area contributed by atoms with Crippen LogP contribution in [0, 0.1) is 6.92 Å². The fourth-order valence-electron chi connectivity index (χ4n) is 3.20. The first-order chi connectivity index (χ1) is 13.3. The number of imidazole rings is 1. The van der Waals surface area contributed by atoms with E-state index in [1.165, 1.54) is 0 Å². The van der Waals surface area contributed by atoms with Crippen molar-refractivity contribution in [2.24, 2.45) is 4.99 Å². The summed E-state index contributed by atoms with van der Waals surface area (Å²) in [6.45, 7) is 2.04. The monoisotopic (exact) mass is 351 g/mol. The molecule has 5 aromatic rings. The summed E-state index contributed by atoms with van der Waals surface area (Å²) in [7, 11) is 0. The number of hydrogen-bond acceptors (Lipinski definition) is 3. The Balaban J connectivity index is 1.83. The zero-order valence-electron chi connectivity index (χ0n) is 14.8. The summed E-state index contributed by atoms with van der Waals surface area (Å²) in [5.74, 6) is 0.748. The average molecular weight is 351 g/mol. The lowest BCUT2D eigenvalue weighted by Crippen LogP contribution is -2.06.